The summed E-state index contributed by atoms with van der Waals surface area (Å²) in [6.45, 7) is 7.40. The van der Waals surface area contributed by atoms with E-state index in [2.05, 4.69) is 10.1 Å². The third-order valence-electron chi connectivity index (χ3n) is 8.01. The Balaban J connectivity index is 0.000000259. The van der Waals surface area contributed by atoms with Gasteiger partial charge in [-0.25, -0.2) is 9.37 Å². The zero-order chi connectivity index (χ0) is 29.1. The predicted octanol–water partition coefficient (Wildman–Crippen LogP) is 4.83. The molecule has 1 fully saturated rings. The fraction of sp³-hybridized carbons (Fsp3) is 0.433. The van der Waals surface area contributed by atoms with Gasteiger partial charge in [-0.1, -0.05) is 22.9 Å². The summed E-state index contributed by atoms with van der Waals surface area (Å²) < 4.78 is 50.2. The van der Waals surface area contributed by atoms with E-state index in [1.165, 1.54) is 24.3 Å². The summed E-state index contributed by atoms with van der Waals surface area (Å²) in [7, 11) is -4.02. The third-order valence-corrected chi connectivity index (χ3v) is 8.88. The number of aryl methyl sites for hydroxylation is 3. The highest BCUT2D eigenvalue weighted by molar-refractivity contribution is 7.85. The van der Waals surface area contributed by atoms with E-state index >= 15 is 0 Å². The zero-order valence-corrected chi connectivity index (χ0v) is 24.2. The Kier molecular flexibility index (Phi) is 8.67. The Morgan fingerprint density at radius 2 is 1.78 bits per heavy atom. The second-order valence-corrected chi connectivity index (χ2v) is 12.3. The van der Waals surface area contributed by atoms with Gasteiger partial charge in [-0.05, 0) is 83.3 Å². The summed E-state index contributed by atoms with van der Waals surface area (Å²) in [4.78, 5) is 20.0. The van der Waals surface area contributed by atoms with Gasteiger partial charge in [-0.2, -0.15) is 8.42 Å². The minimum absolute atomic E-state index is 0.0666. The van der Waals surface area contributed by atoms with Crippen LogP contribution in [0.15, 0.2) is 56.7 Å². The lowest BCUT2D eigenvalue weighted by Gasteiger charge is -2.31. The highest BCUT2D eigenvalue weighted by Crippen LogP contribution is 2.32. The van der Waals surface area contributed by atoms with Crippen molar-refractivity contribution in [3.63, 3.8) is 0 Å². The molecule has 41 heavy (non-hydrogen) atoms. The first kappa shape index (κ1) is 29.1. The van der Waals surface area contributed by atoms with Crippen LogP contribution >= 0.6 is 0 Å². The van der Waals surface area contributed by atoms with Gasteiger partial charge < -0.3 is 9.42 Å². The van der Waals surface area contributed by atoms with E-state index in [4.69, 9.17) is 14.1 Å². The first-order chi connectivity index (χ1) is 19.6. The van der Waals surface area contributed by atoms with E-state index in [1.54, 1.807) is 18.2 Å². The van der Waals surface area contributed by atoms with Gasteiger partial charge in [-0.15, -0.1) is 0 Å². The van der Waals surface area contributed by atoms with Crippen molar-refractivity contribution in [3.05, 3.63) is 87.0 Å². The normalized spacial score (nSPS) is 16.3. The maximum Gasteiger partial charge on any atom is 0.294 e. The maximum atomic E-state index is 13.4. The first-order valence-electron chi connectivity index (χ1n) is 14.0. The third kappa shape index (κ3) is 6.74. The summed E-state index contributed by atoms with van der Waals surface area (Å²) in [6, 6.07) is 10.6. The number of hydrogen-bond donors (Lipinski definition) is 1. The largest absolute Gasteiger partial charge is 0.356 e. The molecule has 9 nitrogen and oxygen atoms in total. The molecule has 2 aliphatic rings. The second-order valence-electron chi connectivity index (χ2n) is 10.9. The number of benzene rings is 2. The van der Waals surface area contributed by atoms with Crippen LogP contribution in [0.1, 0.15) is 59.9 Å². The molecular formula is C30H35FN4O5S. The van der Waals surface area contributed by atoms with Gasteiger partial charge in [0.25, 0.3) is 15.7 Å². The molecule has 0 amide bonds. The Bertz CT molecular complexity index is 1690. The Hall–Kier alpha value is -3.41. The van der Waals surface area contributed by atoms with Crippen molar-refractivity contribution < 1.29 is 21.9 Å². The van der Waals surface area contributed by atoms with Crippen molar-refractivity contribution >= 4 is 21.1 Å². The monoisotopic (exact) mass is 582 g/mol. The van der Waals surface area contributed by atoms with Crippen molar-refractivity contribution in [2.45, 2.75) is 69.7 Å². The van der Waals surface area contributed by atoms with Gasteiger partial charge in [0, 0.05) is 48.1 Å². The van der Waals surface area contributed by atoms with E-state index < -0.39 is 10.1 Å². The first-order valence-corrected chi connectivity index (χ1v) is 15.4. The predicted molar refractivity (Wildman–Crippen MR) is 153 cm³/mol. The summed E-state index contributed by atoms with van der Waals surface area (Å²) in [5, 5.41) is 5.15. The van der Waals surface area contributed by atoms with Crippen molar-refractivity contribution in [1.82, 2.24) is 19.6 Å². The molecule has 2 aromatic carbocycles. The molecule has 6 rings (SSSR count). The van der Waals surface area contributed by atoms with Crippen LogP contribution in [-0.4, -0.2) is 52.2 Å². The fourth-order valence-corrected chi connectivity index (χ4v) is 6.13. The zero-order valence-electron chi connectivity index (χ0n) is 23.3. The second kappa shape index (κ2) is 12.2. The lowest BCUT2D eigenvalue weighted by Crippen LogP contribution is -2.37. The Morgan fingerprint density at radius 3 is 2.49 bits per heavy atom. The molecule has 0 spiro atoms. The molecule has 218 valence electrons. The Labute approximate surface area is 238 Å². The van der Waals surface area contributed by atoms with Crippen LogP contribution in [0.2, 0.25) is 0 Å². The molecule has 0 aliphatic carbocycles. The summed E-state index contributed by atoms with van der Waals surface area (Å²) in [6.07, 6.45) is 5.81. The van der Waals surface area contributed by atoms with E-state index in [9.17, 15) is 17.6 Å². The van der Waals surface area contributed by atoms with Gasteiger partial charge in [0.2, 0.25) is 0 Å². The lowest BCUT2D eigenvalue weighted by molar-refractivity contribution is 0.211. The van der Waals surface area contributed by atoms with Gasteiger partial charge >= 0.3 is 0 Å². The number of piperidine rings is 1. The van der Waals surface area contributed by atoms with Crippen LogP contribution in [0, 0.1) is 19.7 Å². The molecule has 0 atom stereocenters. The number of hydrogen-bond acceptors (Lipinski definition) is 7. The van der Waals surface area contributed by atoms with Crippen molar-refractivity contribution in [1.29, 1.82) is 0 Å². The van der Waals surface area contributed by atoms with Gasteiger partial charge in [-0.3, -0.25) is 13.9 Å². The summed E-state index contributed by atoms with van der Waals surface area (Å²) >= 11 is 0. The fourth-order valence-electron chi connectivity index (χ4n) is 5.65. The molecule has 11 heteroatoms. The number of aromatic nitrogens is 3. The molecule has 1 N–H and O–H groups in total. The average molecular weight is 583 g/mol. The number of likely N-dealkylation sites (tertiary alicyclic amines) is 1. The van der Waals surface area contributed by atoms with Crippen LogP contribution in [0.25, 0.3) is 11.0 Å². The van der Waals surface area contributed by atoms with Crippen molar-refractivity contribution in [2.24, 2.45) is 0 Å². The van der Waals surface area contributed by atoms with E-state index in [0.717, 1.165) is 98.4 Å². The maximum absolute atomic E-state index is 13.4. The molecular weight excluding hydrogens is 547 g/mol. The Morgan fingerprint density at radius 1 is 1.05 bits per heavy atom. The minimum atomic E-state index is -4.02. The van der Waals surface area contributed by atoms with Crippen LogP contribution in [0.3, 0.4) is 0 Å². The molecule has 0 unspecified atom stereocenters. The standard InChI is InChI=1S/C23H27FN4O2.C7H8O3S/c1-15-18(23(29)28-10-3-2-4-21(28)25-15)9-13-27-11-7-16(8-12-27)22-19-6-5-17(24)14-20(19)30-26-22;1-6-2-4-7(5-3-6)11(8,9)10/h5-6,14,16H,2-4,7-13H2,1H3;2-5H,1H3,(H,8,9,10). The molecule has 2 aromatic heterocycles. The highest BCUT2D eigenvalue weighted by atomic mass is 32.2. The number of nitrogens with zero attached hydrogens (tertiary/aromatic N) is 4. The summed E-state index contributed by atoms with van der Waals surface area (Å²) in [5.41, 5.74) is 4.34. The molecule has 4 aromatic rings. The smallest absolute Gasteiger partial charge is 0.294 e. The molecule has 0 radical (unpaired) electrons. The van der Waals surface area contributed by atoms with Crippen molar-refractivity contribution in [3.8, 4) is 0 Å². The minimum Gasteiger partial charge on any atom is -0.356 e. The van der Waals surface area contributed by atoms with Crippen LogP contribution < -0.4 is 5.56 Å². The molecule has 1 saturated heterocycles. The molecule has 0 saturated carbocycles. The molecule has 0 bridgehead atoms. The van der Waals surface area contributed by atoms with E-state index in [0.29, 0.717) is 11.5 Å². The average Bonchev–Trinajstić information content (AvgIpc) is 3.36. The van der Waals surface area contributed by atoms with Crippen LogP contribution in [-0.2, 0) is 29.5 Å². The van der Waals surface area contributed by atoms with Gasteiger partial charge in [0.1, 0.15) is 11.6 Å². The number of fused-ring (bicyclic) bond motifs is 2. The van der Waals surface area contributed by atoms with Crippen LogP contribution in [0.4, 0.5) is 4.39 Å². The van der Waals surface area contributed by atoms with Gasteiger partial charge in [0.15, 0.2) is 5.58 Å². The number of rotatable bonds is 5. The van der Waals surface area contributed by atoms with E-state index in [1.807, 2.05) is 18.4 Å². The quantitative estimate of drug-likeness (QED) is 0.333. The highest BCUT2D eigenvalue weighted by Gasteiger charge is 2.26. The SMILES string of the molecule is Cc1ccc(S(=O)(=O)O)cc1.Cc1nc2n(c(=O)c1CCN1CCC(c3noc4cc(F)ccc34)CC1)CCCC2. The molecule has 4 heterocycles. The van der Waals surface area contributed by atoms with Gasteiger partial charge in [0.05, 0.1) is 10.6 Å². The van der Waals surface area contributed by atoms with Crippen molar-refractivity contribution in [2.75, 3.05) is 19.6 Å². The van der Waals surface area contributed by atoms with E-state index in [-0.39, 0.29) is 16.3 Å². The topological polar surface area (TPSA) is 119 Å². The summed E-state index contributed by atoms with van der Waals surface area (Å²) in [5.74, 6) is 0.974. The lowest BCUT2D eigenvalue weighted by atomic mass is 9.91. The number of halogens is 1. The molecule has 2 aliphatic heterocycles. The van der Waals surface area contributed by atoms with Crippen LogP contribution in [0.5, 0.6) is 0 Å².